The first-order valence-corrected chi connectivity index (χ1v) is 5.78. The van der Waals surface area contributed by atoms with E-state index in [0.29, 0.717) is 6.54 Å². The molecule has 1 aliphatic rings. The average Bonchev–Trinajstić information content (AvgIpc) is 2.67. The number of rotatable bonds is 2. The Balaban J connectivity index is 2.22. The van der Waals surface area contributed by atoms with Gasteiger partial charge in [0.15, 0.2) is 0 Å². The van der Waals surface area contributed by atoms with Crippen LogP contribution in [0.15, 0.2) is 30.3 Å². The van der Waals surface area contributed by atoms with Crippen LogP contribution in [0.2, 0.25) is 0 Å². The zero-order chi connectivity index (χ0) is 9.97. The lowest BCUT2D eigenvalue weighted by Crippen LogP contribution is -2.24. The van der Waals surface area contributed by atoms with Crippen molar-refractivity contribution >= 4 is 11.3 Å². The maximum Gasteiger partial charge on any atom is 0.235 e. The van der Waals surface area contributed by atoms with E-state index in [2.05, 4.69) is 0 Å². The number of benzene rings is 1. The Kier molecular flexibility index (Phi) is 2.96. The molecule has 2 atom stereocenters. The molecular formula is C10H13NO2S. The van der Waals surface area contributed by atoms with Gasteiger partial charge >= 0.3 is 0 Å². The lowest BCUT2D eigenvalue weighted by Gasteiger charge is -2.19. The van der Waals surface area contributed by atoms with Gasteiger partial charge in [-0.25, -0.2) is 4.21 Å². The third-order valence-corrected chi connectivity index (χ3v) is 3.43. The molecule has 2 rings (SSSR count). The molecule has 4 heteroatoms. The fourth-order valence-corrected chi connectivity index (χ4v) is 2.67. The van der Waals surface area contributed by atoms with Gasteiger partial charge in [-0.15, -0.1) is 0 Å². The highest BCUT2D eigenvalue weighted by atomic mass is 32.2. The van der Waals surface area contributed by atoms with Crippen molar-refractivity contribution in [3.63, 3.8) is 0 Å². The van der Waals surface area contributed by atoms with Gasteiger partial charge in [0, 0.05) is 12.6 Å². The van der Waals surface area contributed by atoms with Gasteiger partial charge in [-0.1, -0.05) is 30.3 Å². The molecule has 0 aromatic heterocycles. The first kappa shape index (κ1) is 9.83. The maximum atomic E-state index is 11.0. The molecule has 0 aliphatic carbocycles. The molecule has 1 heterocycles. The van der Waals surface area contributed by atoms with E-state index in [1.165, 1.54) is 0 Å². The highest BCUT2D eigenvalue weighted by Gasteiger charge is 2.29. The Morgan fingerprint density at radius 3 is 2.71 bits per heavy atom. The van der Waals surface area contributed by atoms with Crippen LogP contribution in [0.3, 0.4) is 0 Å². The Morgan fingerprint density at radius 1 is 1.36 bits per heavy atom. The summed E-state index contributed by atoms with van der Waals surface area (Å²) in [7, 11) is 0. The lowest BCUT2D eigenvalue weighted by atomic mass is 10.1. The zero-order valence-corrected chi connectivity index (χ0v) is 8.61. The van der Waals surface area contributed by atoms with Crippen molar-refractivity contribution in [1.29, 1.82) is 0 Å². The van der Waals surface area contributed by atoms with E-state index in [4.69, 9.17) is 4.55 Å². The average molecular weight is 211 g/mol. The van der Waals surface area contributed by atoms with E-state index in [1.807, 2.05) is 30.3 Å². The molecule has 0 radical (unpaired) electrons. The van der Waals surface area contributed by atoms with E-state index in [-0.39, 0.29) is 6.04 Å². The van der Waals surface area contributed by atoms with Crippen LogP contribution in [0.5, 0.6) is 0 Å². The minimum Gasteiger partial charge on any atom is -0.294 e. The van der Waals surface area contributed by atoms with Crippen molar-refractivity contribution in [2.24, 2.45) is 0 Å². The predicted octanol–water partition coefficient (Wildman–Crippen LogP) is 1.96. The Hall–Kier alpha value is -0.710. The fraction of sp³-hybridized carbons (Fsp3) is 0.400. The summed E-state index contributed by atoms with van der Waals surface area (Å²) in [5.41, 5.74) is 1.13. The van der Waals surface area contributed by atoms with Crippen LogP contribution in [0.4, 0.5) is 0 Å². The minimum absolute atomic E-state index is 0.113. The maximum absolute atomic E-state index is 11.0. The van der Waals surface area contributed by atoms with Crippen molar-refractivity contribution in [2.45, 2.75) is 18.9 Å². The molecule has 1 aliphatic heterocycles. The molecule has 1 aromatic carbocycles. The molecule has 1 N–H and O–H groups in total. The van der Waals surface area contributed by atoms with Crippen LogP contribution >= 0.6 is 0 Å². The second kappa shape index (κ2) is 4.21. The Bertz CT molecular complexity index is 328. The SMILES string of the molecule is O=S(O)N1CCCC1c1ccccc1. The van der Waals surface area contributed by atoms with E-state index in [0.717, 1.165) is 18.4 Å². The van der Waals surface area contributed by atoms with Crippen LogP contribution in [0.1, 0.15) is 24.4 Å². The van der Waals surface area contributed by atoms with Crippen molar-refractivity contribution < 1.29 is 8.76 Å². The Labute approximate surface area is 86.2 Å². The fourth-order valence-electron chi connectivity index (χ4n) is 1.94. The van der Waals surface area contributed by atoms with E-state index in [9.17, 15) is 4.21 Å². The summed E-state index contributed by atoms with van der Waals surface area (Å²) in [6.45, 7) is 0.711. The smallest absolute Gasteiger partial charge is 0.235 e. The molecule has 14 heavy (non-hydrogen) atoms. The van der Waals surface area contributed by atoms with Crippen molar-refractivity contribution in [1.82, 2.24) is 4.31 Å². The van der Waals surface area contributed by atoms with Crippen LogP contribution in [0, 0.1) is 0 Å². The van der Waals surface area contributed by atoms with E-state index < -0.39 is 11.3 Å². The third kappa shape index (κ3) is 1.87. The van der Waals surface area contributed by atoms with E-state index >= 15 is 0 Å². The summed E-state index contributed by atoms with van der Waals surface area (Å²) >= 11 is -1.84. The van der Waals surface area contributed by atoms with Gasteiger partial charge in [-0.2, -0.15) is 4.31 Å². The molecule has 0 amide bonds. The largest absolute Gasteiger partial charge is 0.294 e. The van der Waals surface area contributed by atoms with Gasteiger partial charge in [0.05, 0.1) is 0 Å². The summed E-state index contributed by atoms with van der Waals surface area (Å²) in [4.78, 5) is 0. The molecule has 2 unspecified atom stereocenters. The predicted molar refractivity (Wildman–Crippen MR) is 55.9 cm³/mol. The summed E-state index contributed by atoms with van der Waals surface area (Å²) in [6, 6.07) is 10.0. The normalized spacial score (nSPS) is 25.1. The van der Waals surface area contributed by atoms with Gasteiger partial charge < -0.3 is 0 Å². The molecule has 0 bridgehead atoms. The van der Waals surface area contributed by atoms with Gasteiger partial charge in [-0.3, -0.25) is 4.55 Å². The first-order valence-electron chi connectivity index (χ1n) is 4.71. The van der Waals surface area contributed by atoms with Gasteiger partial charge in [0.1, 0.15) is 0 Å². The molecule has 3 nitrogen and oxygen atoms in total. The highest BCUT2D eigenvalue weighted by molar-refractivity contribution is 7.76. The zero-order valence-electron chi connectivity index (χ0n) is 7.80. The summed E-state index contributed by atoms with van der Waals surface area (Å²) < 4.78 is 21.7. The van der Waals surface area contributed by atoms with Gasteiger partial charge in [0.2, 0.25) is 11.3 Å². The van der Waals surface area contributed by atoms with Crippen LogP contribution in [-0.2, 0) is 11.3 Å². The van der Waals surface area contributed by atoms with Crippen LogP contribution in [0.25, 0.3) is 0 Å². The molecule has 1 saturated heterocycles. The van der Waals surface area contributed by atoms with Crippen LogP contribution < -0.4 is 0 Å². The summed E-state index contributed by atoms with van der Waals surface area (Å²) in [5, 5.41) is 0. The van der Waals surface area contributed by atoms with Crippen molar-refractivity contribution in [2.75, 3.05) is 6.54 Å². The standard InChI is InChI=1S/C10H13NO2S/c12-14(13)11-8-4-7-10(11)9-5-2-1-3-6-9/h1-3,5-6,10H,4,7-8H2,(H,12,13). The molecule has 0 spiro atoms. The quantitative estimate of drug-likeness (QED) is 0.760. The van der Waals surface area contributed by atoms with Crippen molar-refractivity contribution in [3.05, 3.63) is 35.9 Å². The second-order valence-corrected chi connectivity index (χ2v) is 4.37. The molecule has 1 fully saturated rings. The third-order valence-electron chi connectivity index (χ3n) is 2.59. The topological polar surface area (TPSA) is 40.5 Å². The van der Waals surface area contributed by atoms with E-state index in [1.54, 1.807) is 4.31 Å². The summed E-state index contributed by atoms with van der Waals surface area (Å²) in [6.07, 6.45) is 1.96. The van der Waals surface area contributed by atoms with Gasteiger partial charge in [0.25, 0.3) is 0 Å². The monoisotopic (exact) mass is 211 g/mol. The number of nitrogens with zero attached hydrogens (tertiary/aromatic N) is 1. The Morgan fingerprint density at radius 2 is 2.07 bits per heavy atom. The van der Waals surface area contributed by atoms with Crippen LogP contribution in [-0.4, -0.2) is 19.6 Å². The number of hydrogen-bond acceptors (Lipinski definition) is 1. The van der Waals surface area contributed by atoms with Gasteiger partial charge in [-0.05, 0) is 18.4 Å². The summed E-state index contributed by atoms with van der Waals surface area (Å²) in [5.74, 6) is 0. The molecule has 0 saturated carbocycles. The molecule has 1 aromatic rings. The highest BCUT2D eigenvalue weighted by Crippen LogP contribution is 2.32. The lowest BCUT2D eigenvalue weighted by molar-refractivity contribution is 0.383. The van der Waals surface area contributed by atoms with Crippen molar-refractivity contribution in [3.8, 4) is 0 Å². The second-order valence-electron chi connectivity index (χ2n) is 3.44. The first-order chi connectivity index (χ1) is 6.79. The number of hydrogen-bond donors (Lipinski definition) is 1. The molecular weight excluding hydrogens is 198 g/mol. The molecule has 76 valence electrons. The minimum atomic E-state index is -1.84.